The van der Waals surface area contributed by atoms with Gasteiger partial charge in [0.2, 0.25) is 5.91 Å². The van der Waals surface area contributed by atoms with Crippen molar-refractivity contribution in [3.63, 3.8) is 0 Å². The Balaban J connectivity index is 2.02. The first kappa shape index (κ1) is 15.8. The summed E-state index contributed by atoms with van der Waals surface area (Å²) in [6.07, 6.45) is 1.98. The number of anilines is 1. The lowest BCUT2D eigenvalue weighted by Crippen LogP contribution is -2.49. The summed E-state index contributed by atoms with van der Waals surface area (Å²) in [7, 11) is 0. The highest BCUT2D eigenvalue weighted by molar-refractivity contribution is 5.78. The molecule has 1 heterocycles. The van der Waals surface area contributed by atoms with Crippen LogP contribution in [0.5, 0.6) is 0 Å². The van der Waals surface area contributed by atoms with Gasteiger partial charge in [0.25, 0.3) is 0 Å². The molecule has 2 unspecified atom stereocenters. The number of nitrogens with two attached hydrogens (primary N) is 1. The fraction of sp³-hybridized carbons (Fsp3) is 0.562. The van der Waals surface area contributed by atoms with Gasteiger partial charge in [-0.3, -0.25) is 4.79 Å². The van der Waals surface area contributed by atoms with Gasteiger partial charge in [0.15, 0.2) is 0 Å². The van der Waals surface area contributed by atoms with Crippen molar-refractivity contribution >= 4 is 11.6 Å². The first-order valence-electron chi connectivity index (χ1n) is 7.52. The molecule has 1 aromatic carbocycles. The third kappa shape index (κ3) is 3.94. The molecule has 1 aliphatic heterocycles. The highest BCUT2D eigenvalue weighted by Crippen LogP contribution is 2.24. The number of hydrogen-bond donors (Lipinski definition) is 2. The maximum atomic E-state index is 13.2. The van der Waals surface area contributed by atoms with Gasteiger partial charge in [-0.1, -0.05) is 6.92 Å². The summed E-state index contributed by atoms with van der Waals surface area (Å²) in [4.78, 5) is 14.2. The number of piperidine rings is 1. The van der Waals surface area contributed by atoms with Gasteiger partial charge in [0.05, 0.1) is 0 Å². The number of amides is 1. The number of benzene rings is 1. The van der Waals surface area contributed by atoms with Gasteiger partial charge in [-0.2, -0.15) is 0 Å². The van der Waals surface area contributed by atoms with E-state index in [2.05, 4.69) is 10.2 Å². The molecular weight excluding hydrogens is 269 g/mol. The van der Waals surface area contributed by atoms with Crippen LogP contribution in [-0.2, 0) is 4.79 Å². The Labute approximate surface area is 125 Å². The van der Waals surface area contributed by atoms with E-state index < -0.39 is 0 Å². The molecule has 21 heavy (non-hydrogen) atoms. The maximum Gasteiger partial charge on any atom is 0.224 e. The van der Waals surface area contributed by atoms with E-state index in [-0.39, 0.29) is 23.7 Å². The van der Waals surface area contributed by atoms with Crippen LogP contribution in [0.1, 0.15) is 25.3 Å². The van der Waals surface area contributed by atoms with Crippen molar-refractivity contribution in [2.24, 2.45) is 11.7 Å². The number of carbonyl (C=O) groups excluding carboxylic acids is 1. The van der Waals surface area contributed by atoms with E-state index >= 15 is 0 Å². The second-order valence-electron chi connectivity index (χ2n) is 5.86. The first-order chi connectivity index (χ1) is 10.0. The van der Waals surface area contributed by atoms with Gasteiger partial charge >= 0.3 is 0 Å². The molecule has 0 aromatic heterocycles. The predicted molar refractivity (Wildman–Crippen MR) is 82.7 cm³/mol. The average molecular weight is 293 g/mol. The molecule has 5 heteroatoms. The molecule has 3 N–H and O–H groups in total. The summed E-state index contributed by atoms with van der Waals surface area (Å²) >= 11 is 0. The summed E-state index contributed by atoms with van der Waals surface area (Å²) in [5.74, 6) is -0.358. The second kappa shape index (κ2) is 6.89. The van der Waals surface area contributed by atoms with Crippen LogP contribution in [0.25, 0.3) is 0 Å². The third-order valence-corrected chi connectivity index (χ3v) is 4.07. The van der Waals surface area contributed by atoms with Crippen LogP contribution in [0.3, 0.4) is 0 Å². The molecule has 0 spiro atoms. The number of halogens is 1. The van der Waals surface area contributed by atoms with Crippen molar-refractivity contribution in [1.82, 2.24) is 5.32 Å². The molecule has 0 aliphatic carbocycles. The van der Waals surface area contributed by atoms with E-state index in [4.69, 9.17) is 5.73 Å². The molecule has 2 atom stereocenters. The molecule has 116 valence electrons. The summed E-state index contributed by atoms with van der Waals surface area (Å²) in [5, 5.41) is 3.07. The smallest absolute Gasteiger partial charge is 0.224 e. The average Bonchev–Trinajstić information content (AvgIpc) is 2.46. The summed E-state index contributed by atoms with van der Waals surface area (Å²) in [6, 6.07) is 4.98. The van der Waals surface area contributed by atoms with Crippen molar-refractivity contribution in [2.75, 3.05) is 24.5 Å². The lowest BCUT2D eigenvalue weighted by Gasteiger charge is -2.36. The van der Waals surface area contributed by atoms with Crippen LogP contribution < -0.4 is 16.0 Å². The van der Waals surface area contributed by atoms with E-state index in [9.17, 15) is 9.18 Å². The lowest BCUT2D eigenvalue weighted by molar-refractivity contribution is -0.124. The lowest BCUT2D eigenvalue weighted by atomic mass is 10.0. The zero-order valence-corrected chi connectivity index (χ0v) is 12.7. The zero-order chi connectivity index (χ0) is 15.4. The Morgan fingerprint density at radius 2 is 2.33 bits per heavy atom. The zero-order valence-electron chi connectivity index (χ0n) is 12.7. The fourth-order valence-corrected chi connectivity index (χ4v) is 2.74. The third-order valence-electron chi connectivity index (χ3n) is 4.07. The number of nitrogens with zero attached hydrogens (tertiary/aromatic N) is 1. The minimum absolute atomic E-state index is 0.0141. The second-order valence-corrected chi connectivity index (χ2v) is 5.86. The van der Waals surface area contributed by atoms with E-state index in [1.807, 2.05) is 19.9 Å². The van der Waals surface area contributed by atoms with Crippen LogP contribution in [-0.4, -0.2) is 31.6 Å². The molecule has 1 saturated heterocycles. The predicted octanol–water partition coefficient (Wildman–Crippen LogP) is 1.81. The first-order valence-corrected chi connectivity index (χ1v) is 7.52. The number of hydrogen-bond acceptors (Lipinski definition) is 3. The van der Waals surface area contributed by atoms with Crippen LogP contribution in [0.15, 0.2) is 18.2 Å². The molecule has 0 bridgehead atoms. The highest BCUT2D eigenvalue weighted by atomic mass is 19.1. The van der Waals surface area contributed by atoms with Crippen molar-refractivity contribution < 1.29 is 9.18 Å². The van der Waals surface area contributed by atoms with Gasteiger partial charge < -0.3 is 16.0 Å². The minimum Gasteiger partial charge on any atom is -0.369 e. The topological polar surface area (TPSA) is 58.4 Å². The minimum atomic E-state index is -0.213. The number of aryl methyl sites for hydroxylation is 1. The van der Waals surface area contributed by atoms with Gasteiger partial charge in [-0.15, -0.1) is 0 Å². The summed E-state index contributed by atoms with van der Waals surface area (Å²) < 4.78 is 13.2. The highest BCUT2D eigenvalue weighted by Gasteiger charge is 2.23. The Morgan fingerprint density at radius 3 is 3.00 bits per heavy atom. The Hall–Kier alpha value is -1.62. The SMILES string of the molecule is Cc1cc(F)ccc1N1CCCC(NC(=O)C(C)CN)C1. The van der Waals surface area contributed by atoms with Crippen molar-refractivity contribution in [3.8, 4) is 0 Å². The molecule has 0 saturated carbocycles. The molecule has 1 fully saturated rings. The normalized spacial score (nSPS) is 20.2. The fourth-order valence-electron chi connectivity index (χ4n) is 2.74. The standard InChI is InChI=1S/C16H24FN3O/c1-11-8-13(17)5-6-15(11)20-7-3-4-14(10-20)19-16(21)12(2)9-18/h5-6,8,12,14H,3-4,7,9-10,18H2,1-2H3,(H,19,21). The van der Waals surface area contributed by atoms with E-state index in [1.165, 1.54) is 6.07 Å². The Morgan fingerprint density at radius 1 is 1.57 bits per heavy atom. The largest absolute Gasteiger partial charge is 0.369 e. The van der Waals surface area contributed by atoms with Gasteiger partial charge in [0.1, 0.15) is 5.82 Å². The number of nitrogens with one attached hydrogen (secondary N) is 1. The Bertz CT molecular complexity index is 506. The van der Waals surface area contributed by atoms with E-state index in [0.717, 1.165) is 37.2 Å². The van der Waals surface area contributed by atoms with E-state index in [1.54, 1.807) is 6.07 Å². The molecule has 2 rings (SSSR count). The van der Waals surface area contributed by atoms with Gasteiger partial charge in [-0.25, -0.2) is 4.39 Å². The van der Waals surface area contributed by atoms with Crippen LogP contribution in [0, 0.1) is 18.7 Å². The van der Waals surface area contributed by atoms with Gasteiger partial charge in [0, 0.05) is 37.3 Å². The van der Waals surface area contributed by atoms with Crippen LogP contribution in [0.2, 0.25) is 0 Å². The summed E-state index contributed by atoms with van der Waals surface area (Å²) in [5.41, 5.74) is 7.50. The van der Waals surface area contributed by atoms with Crippen molar-refractivity contribution in [3.05, 3.63) is 29.6 Å². The molecule has 1 amide bonds. The summed E-state index contributed by atoms with van der Waals surface area (Å²) in [6.45, 7) is 5.80. The molecule has 1 aromatic rings. The number of carbonyl (C=O) groups is 1. The molecular formula is C16H24FN3O. The number of rotatable bonds is 4. The molecule has 0 radical (unpaired) electrons. The quantitative estimate of drug-likeness (QED) is 0.890. The van der Waals surface area contributed by atoms with Crippen molar-refractivity contribution in [2.45, 2.75) is 32.7 Å². The van der Waals surface area contributed by atoms with Crippen molar-refractivity contribution in [1.29, 1.82) is 0 Å². The molecule has 1 aliphatic rings. The Kier molecular flexibility index (Phi) is 5.17. The van der Waals surface area contributed by atoms with Gasteiger partial charge in [-0.05, 0) is 43.5 Å². The van der Waals surface area contributed by atoms with Crippen LogP contribution >= 0.6 is 0 Å². The van der Waals surface area contributed by atoms with E-state index in [0.29, 0.717) is 6.54 Å². The molecule has 4 nitrogen and oxygen atoms in total. The monoisotopic (exact) mass is 293 g/mol. The maximum absolute atomic E-state index is 13.2. The van der Waals surface area contributed by atoms with Crippen LogP contribution in [0.4, 0.5) is 10.1 Å².